The number of nitrogens with two attached hydrogens (primary N) is 1. The molecular weight excluding hydrogens is 297 g/mol. The molecule has 2 aromatic rings. The van der Waals surface area contributed by atoms with E-state index >= 15 is 0 Å². The Bertz CT molecular complexity index is 636. The molecule has 0 radical (unpaired) electrons. The summed E-state index contributed by atoms with van der Waals surface area (Å²) in [7, 11) is 0. The minimum Gasteiger partial charge on any atom is -0.389 e. The highest BCUT2D eigenvalue weighted by Gasteiger charge is 2.30. The van der Waals surface area contributed by atoms with Gasteiger partial charge in [-0.2, -0.15) is 13.2 Å². The van der Waals surface area contributed by atoms with Gasteiger partial charge >= 0.3 is 6.18 Å². The van der Waals surface area contributed by atoms with Gasteiger partial charge in [0.25, 0.3) is 0 Å². The molecule has 0 aliphatic rings. The predicted molar refractivity (Wildman–Crippen MR) is 81.1 cm³/mol. The average Bonchev–Trinajstić information content (AvgIpc) is 2.45. The van der Waals surface area contributed by atoms with Crippen molar-refractivity contribution in [3.05, 3.63) is 65.2 Å². The van der Waals surface area contributed by atoms with Crippen molar-refractivity contribution in [3.63, 3.8) is 0 Å². The minimum absolute atomic E-state index is 0.302. The zero-order valence-corrected chi connectivity index (χ0v) is 11.8. The summed E-state index contributed by atoms with van der Waals surface area (Å²) < 4.78 is 37.8. The first-order valence-electron chi connectivity index (χ1n) is 6.16. The lowest BCUT2D eigenvalue weighted by Crippen LogP contribution is -2.09. The van der Waals surface area contributed by atoms with Crippen LogP contribution in [0.5, 0.6) is 0 Å². The van der Waals surface area contributed by atoms with Crippen molar-refractivity contribution in [2.75, 3.05) is 5.32 Å². The molecule has 2 aromatic carbocycles. The number of nitrogens with one attached hydrogen (secondary N) is 1. The second-order valence-corrected chi connectivity index (χ2v) is 4.93. The Hall–Kier alpha value is -2.08. The molecule has 0 heterocycles. The average molecular weight is 310 g/mol. The normalized spacial score (nSPS) is 11.2. The second-order valence-electron chi connectivity index (χ2n) is 4.49. The monoisotopic (exact) mass is 310 g/mol. The highest BCUT2D eigenvalue weighted by atomic mass is 32.1. The van der Waals surface area contributed by atoms with E-state index in [-0.39, 0.29) is 0 Å². The van der Waals surface area contributed by atoms with E-state index < -0.39 is 11.7 Å². The lowest BCUT2D eigenvalue weighted by atomic mass is 10.1. The zero-order chi connectivity index (χ0) is 15.5. The molecule has 2 rings (SSSR count). The number of thiocarbonyl (C=S) groups is 1. The van der Waals surface area contributed by atoms with Gasteiger partial charge in [-0.05, 0) is 42.0 Å². The molecule has 0 bridgehead atoms. The van der Waals surface area contributed by atoms with Crippen LogP contribution < -0.4 is 11.1 Å². The third-order valence-corrected chi connectivity index (χ3v) is 3.16. The fourth-order valence-corrected chi connectivity index (χ4v) is 1.95. The van der Waals surface area contributed by atoms with Gasteiger partial charge in [-0.15, -0.1) is 0 Å². The highest BCUT2D eigenvalue weighted by molar-refractivity contribution is 7.80. The first-order valence-corrected chi connectivity index (χ1v) is 6.57. The molecule has 0 atom stereocenters. The Kier molecular flexibility index (Phi) is 4.47. The number of rotatable bonds is 4. The first-order chi connectivity index (χ1) is 9.86. The van der Waals surface area contributed by atoms with E-state index in [1.165, 1.54) is 6.07 Å². The van der Waals surface area contributed by atoms with Crippen molar-refractivity contribution in [1.29, 1.82) is 0 Å². The second kappa shape index (κ2) is 6.13. The molecule has 0 unspecified atom stereocenters. The fourth-order valence-electron chi connectivity index (χ4n) is 1.81. The van der Waals surface area contributed by atoms with Crippen molar-refractivity contribution in [2.45, 2.75) is 12.7 Å². The minimum atomic E-state index is -4.32. The van der Waals surface area contributed by atoms with Crippen LogP contribution >= 0.6 is 12.2 Å². The predicted octanol–water partition coefficient (Wildman–Crippen LogP) is 3.95. The molecule has 0 amide bonds. The number of hydrogen-bond acceptors (Lipinski definition) is 2. The Labute approximate surface area is 125 Å². The van der Waals surface area contributed by atoms with E-state index in [0.717, 1.165) is 23.4 Å². The van der Waals surface area contributed by atoms with Crippen LogP contribution in [-0.2, 0) is 12.7 Å². The topological polar surface area (TPSA) is 38.0 Å². The van der Waals surface area contributed by atoms with Crippen LogP contribution in [0.1, 0.15) is 16.7 Å². The van der Waals surface area contributed by atoms with E-state index in [1.54, 1.807) is 30.3 Å². The lowest BCUT2D eigenvalue weighted by Gasteiger charge is -2.10. The van der Waals surface area contributed by atoms with Gasteiger partial charge in [-0.1, -0.05) is 24.4 Å². The van der Waals surface area contributed by atoms with E-state index in [9.17, 15) is 13.2 Å². The van der Waals surface area contributed by atoms with Crippen molar-refractivity contribution in [2.24, 2.45) is 5.73 Å². The largest absolute Gasteiger partial charge is 0.416 e. The molecule has 21 heavy (non-hydrogen) atoms. The molecule has 0 aliphatic heterocycles. The van der Waals surface area contributed by atoms with Crippen LogP contribution in [0.4, 0.5) is 18.9 Å². The van der Waals surface area contributed by atoms with E-state index in [1.807, 2.05) is 0 Å². The van der Waals surface area contributed by atoms with Crippen LogP contribution in [0, 0.1) is 0 Å². The molecule has 6 heteroatoms. The SMILES string of the molecule is NC(=S)c1ccc(NCc2cccc(C(F)(F)F)c2)cc1. The van der Waals surface area contributed by atoms with Crippen LogP contribution in [0.2, 0.25) is 0 Å². The Morgan fingerprint density at radius 3 is 2.33 bits per heavy atom. The Morgan fingerprint density at radius 2 is 1.76 bits per heavy atom. The summed E-state index contributed by atoms with van der Waals surface area (Å²) >= 11 is 4.85. The number of alkyl halides is 3. The smallest absolute Gasteiger partial charge is 0.389 e. The number of hydrogen-bond donors (Lipinski definition) is 2. The van der Waals surface area contributed by atoms with Gasteiger partial charge in [0.1, 0.15) is 4.99 Å². The molecule has 110 valence electrons. The maximum Gasteiger partial charge on any atom is 0.416 e. The molecule has 2 nitrogen and oxygen atoms in total. The summed E-state index contributed by atoms with van der Waals surface area (Å²) in [6.45, 7) is 0.302. The fraction of sp³-hybridized carbons (Fsp3) is 0.133. The highest BCUT2D eigenvalue weighted by Crippen LogP contribution is 2.29. The molecule has 0 spiro atoms. The number of halogens is 3. The summed E-state index contributed by atoms with van der Waals surface area (Å²) in [5.41, 5.74) is 6.93. The van der Waals surface area contributed by atoms with Crippen LogP contribution in [0.3, 0.4) is 0 Å². The van der Waals surface area contributed by atoms with Gasteiger partial charge in [-0.25, -0.2) is 0 Å². The van der Waals surface area contributed by atoms with Crippen molar-refractivity contribution < 1.29 is 13.2 Å². The standard InChI is InChI=1S/C15H13F3N2S/c16-15(17,18)12-3-1-2-10(8-12)9-20-13-6-4-11(5-7-13)14(19)21/h1-8,20H,9H2,(H2,19,21). The van der Waals surface area contributed by atoms with Crippen LogP contribution in [0.25, 0.3) is 0 Å². The molecule has 0 saturated heterocycles. The van der Waals surface area contributed by atoms with Gasteiger partial charge in [0.15, 0.2) is 0 Å². The van der Waals surface area contributed by atoms with Gasteiger partial charge in [0.2, 0.25) is 0 Å². The zero-order valence-electron chi connectivity index (χ0n) is 10.9. The van der Waals surface area contributed by atoms with Crippen molar-refractivity contribution in [1.82, 2.24) is 0 Å². The van der Waals surface area contributed by atoms with Crippen molar-refractivity contribution >= 4 is 22.9 Å². The summed E-state index contributed by atoms with van der Waals surface area (Å²) in [5, 5.41) is 3.05. The third kappa shape index (κ3) is 4.19. The quantitative estimate of drug-likeness (QED) is 0.840. The van der Waals surface area contributed by atoms with E-state index in [0.29, 0.717) is 17.1 Å². The maximum absolute atomic E-state index is 12.6. The molecule has 3 N–H and O–H groups in total. The van der Waals surface area contributed by atoms with E-state index in [4.69, 9.17) is 18.0 Å². The first kappa shape index (κ1) is 15.3. The van der Waals surface area contributed by atoms with Gasteiger partial charge in [-0.3, -0.25) is 0 Å². The third-order valence-electron chi connectivity index (χ3n) is 2.92. The summed E-state index contributed by atoms with van der Waals surface area (Å²) in [4.78, 5) is 0.305. The van der Waals surface area contributed by atoms with Gasteiger partial charge < -0.3 is 11.1 Å². The lowest BCUT2D eigenvalue weighted by molar-refractivity contribution is -0.137. The number of benzene rings is 2. The molecular formula is C15H13F3N2S. The van der Waals surface area contributed by atoms with E-state index in [2.05, 4.69) is 5.32 Å². The molecule has 0 aliphatic carbocycles. The van der Waals surface area contributed by atoms with Crippen molar-refractivity contribution in [3.8, 4) is 0 Å². The Morgan fingerprint density at radius 1 is 1.10 bits per heavy atom. The molecule has 0 saturated carbocycles. The van der Waals surface area contributed by atoms with Gasteiger partial charge in [0, 0.05) is 17.8 Å². The number of anilines is 1. The molecule has 0 aromatic heterocycles. The molecule has 0 fully saturated rings. The summed E-state index contributed by atoms with van der Waals surface area (Å²) in [6, 6.07) is 12.3. The summed E-state index contributed by atoms with van der Waals surface area (Å²) in [5.74, 6) is 0. The Balaban J connectivity index is 2.04. The van der Waals surface area contributed by atoms with Gasteiger partial charge in [0.05, 0.1) is 5.56 Å². The van der Waals surface area contributed by atoms with Crippen LogP contribution in [0.15, 0.2) is 48.5 Å². The van der Waals surface area contributed by atoms with Crippen LogP contribution in [-0.4, -0.2) is 4.99 Å². The maximum atomic E-state index is 12.6. The summed E-state index contributed by atoms with van der Waals surface area (Å²) in [6.07, 6.45) is -4.32.